The molecule has 2 fully saturated rings. The molecule has 24 heavy (non-hydrogen) atoms. The Bertz CT molecular complexity index is 613. The van der Waals surface area contributed by atoms with Crippen LogP contribution in [0.4, 0.5) is 0 Å². The molecule has 0 bridgehead atoms. The zero-order chi connectivity index (χ0) is 16.2. The zero-order valence-corrected chi connectivity index (χ0v) is 14.0. The fourth-order valence-corrected chi connectivity index (χ4v) is 3.62. The summed E-state index contributed by atoms with van der Waals surface area (Å²) in [7, 11) is 0. The lowest BCUT2D eigenvalue weighted by atomic mass is 9.93. The molecule has 2 saturated heterocycles. The van der Waals surface area contributed by atoms with Crippen LogP contribution in [0.15, 0.2) is 23.0 Å². The van der Waals surface area contributed by atoms with Gasteiger partial charge in [-0.15, -0.1) is 0 Å². The second kappa shape index (κ2) is 7.44. The zero-order valence-electron chi connectivity index (χ0n) is 14.0. The lowest BCUT2D eigenvalue weighted by molar-refractivity contribution is 0.0835. The summed E-state index contributed by atoms with van der Waals surface area (Å²) < 4.78 is 13.0. The van der Waals surface area contributed by atoms with E-state index < -0.39 is 0 Å². The number of nitrogens with zero attached hydrogens (tertiary/aromatic N) is 5. The molecule has 2 aliphatic heterocycles. The van der Waals surface area contributed by atoms with Crippen molar-refractivity contribution < 1.29 is 9.26 Å². The van der Waals surface area contributed by atoms with Crippen molar-refractivity contribution in [2.24, 2.45) is 5.92 Å². The summed E-state index contributed by atoms with van der Waals surface area (Å²) in [6.45, 7) is 4.81. The minimum atomic E-state index is 0.0132. The minimum absolute atomic E-state index is 0.0132. The van der Waals surface area contributed by atoms with Crippen LogP contribution in [0.5, 0.6) is 0 Å². The Labute approximate surface area is 142 Å². The van der Waals surface area contributed by atoms with E-state index in [1.54, 1.807) is 0 Å². The van der Waals surface area contributed by atoms with Crippen molar-refractivity contribution in [3.05, 3.63) is 30.2 Å². The van der Waals surface area contributed by atoms with Gasteiger partial charge in [-0.25, -0.2) is 0 Å². The third-order valence-corrected chi connectivity index (χ3v) is 5.09. The summed E-state index contributed by atoms with van der Waals surface area (Å²) in [4.78, 5) is 6.94. The van der Waals surface area contributed by atoms with Crippen LogP contribution in [0.25, 0.3) is 0 Å². The molecular formula is C17H25N5O2. The van der Waals surface area contributed by atoms with Crippen LogP contribution >= 0.6 is 0 Å². The number of hydrogen-bond acceptors (Lipinski definition) is 6. The SMILES string of the molecule is c1cnn(CCC2CCN(Cc3noc([C@H]4CCCO4)n3)CC2)c1. The molecular weight excluding hydrogens is 306 g/mol. The van der Waals surface area contributed by atoms with Crippen LogP contribution in [0.1, 0.15) is 49.9 Å². The first-order valence-corrected chi connectivity index (χ1v) is 9.01. The van der Waals surface area contributed by atoms with Crippen molar-refractivity contribution in [1.29, 1.82) is 0 Å². The summed E-state index contributed by atoms with van der Waals surface area (Å²) in [6, 6.07) is 1.98. The number of aromatic nitrogens is 4. The van der Waals surface area contributed by atoms with Crippen LogP contribution in [0, 0.1) is 5.92 Å². The summed E-state index contributed by atoms with van der Waals surface area (Å²) in [5, 5.41) is 8.40. The summed E-state index contributed by atoms with van der Waals surface area (Å²) in [5.41, 5.74) is 0. The third-order valence-electron chi connectivity index (χ3n) is 5.09. The quantitative estimate of drug-likeness (QED) is 0.810. The highest BCUT2D eigenvalue weighted by Crippen LogP contribution is 2.27. The first-order valence-electron chi connectivity index (χ1n) is 9.01. The van der Waals surface area contributed by atoms with Crippen molar-refractivity contribution in [3.63, 3.8) is 0 Å². The fraction of sp³-hybridized carbons (Fsp3) is 0.706. The molecule has 7 nitrogen and oxygen atoms in total. The van der Waals surface area contributed by atoms with Crippen molar-refractivity contribution >= 4 is 0 Å². The second-order valence-corrected chi connectivity index (χ2v) is 6.83. The largest absolute Gasteiger partial charge is 0.368 e. The van der Waals surface area contributed by atoms with Gasteiger partial charge in [0.2, 0.25) is 0 Å². The first kappa shape index (κ1) is 15.8. The number of likely N-dealkylation sites (tertiary alicyclic amines) is 1. The van der Waals surface area contributed by atoms with E-state index in [-0.39, 0.29) is 6.10 Å². The predicted molar refractivity (Wildman–Crippen MR) is 87.1 cm³/mol. The number of piperidine rings is 1. The molecule has 0 spiro atoms. The molecule has 7 heteroatoms. The maximum atomic E-state index is 5.60. The van der Waals surface area contributed by atoms with Crippen LogP contribution in [0.2, 0.25) is 0 Å². The van der Waals surface area contributed by atoms with E-state index in [0.717, 1.165) is 57.4 Å². The number of aryl methyl sites for hydroxylation is 1. The Hall–Kier alpha value is -1.73. The van der Waals surface area contributed by atoms with Crippen molar-refractivity contribution in [2.75, 3.05) is 19.7 Å². The van der Waals surface area contributed by atoms with Crippen LogP contribution in [0.3, 0.4) is 0 Å². The molecule has 2 aromatic rings. The monoisotopic (exact) mass is 331 g/mol. The highest BCUT2D eigenvalue weighted by Gasteiger charge is 2.25. The van der Waals surface area contributed by atoms with E-state index in [9.17, 15) is 0 Å². The Morgan fingerprint density at radius 2 is 2.12 bits per heavy atom. The Kier molecular flexibility index (Phi) is 4.89. The molecule has 2 aromatic heterocycles. The standard InChI is InChI=1S/C17H25N5O2/c1-3-15(23-12-1)17-19-16(20-24-17)13-21-9-4-14(5-10-21)6-11-22-8-2-7-18-22/h2,7-8,14-15H,1,3-6,9-13H2/t15-/m1/s1. The van der Waals surface area contributed by atoms with Gasteiger partial charge in [-0.1, -0.05) is 5.16 Å². The average molecular weight is 331 g/mol. The molecule has 0 radical (unpaired) electrons. The van der Waals surface area contributed by atoms with Gasteiger partial charge in [-0.2, -0.15) is 10.1 Å². The molecule has 4 heterocycles. The lowest BCUT2D eigenvalue weighted by Gasteiger charge is -2.31. The molecule has 0 aliphatic carbocycles. The van der Waals surface area contributed by atoms with Gasteiger partial charge in [0.05, 0.1) is 6.54 Å². The van der Waals surface area contributed by atoms with E-state index in [0.29, 0.717) is 5.89 Å². The summed E-state index contributed by atoms with van der Waals surface area (Å²) >= 11 is 0. The van der Waals surface area contributed by atoms with Gasteiger partial charge in [0.1, 0.15) is 6.10 Å². The molecule has 0 aromatic carbocycles. The average Bonchev–Trinajstić information content (AvgIpc) is 3.36. The van der Waals surface area contributed by atoms with Gasteiger partial charge < -0.3 is 9.26 Å². The summed E-state index contributed by atoms with van der Waals surface area (Å²) in [6.07, 6.45) is 9.64. The smallest absolute Gasteiger partial charge is 0.255 e. The molecule has 0 unspecified atom stereocenters. The van der Waals surface area contributed by atoms with Crippen LogP contribution in [-0.4, -0.2) is 44.5 Å². The molecule has 4 rings (SSSR count). The molecule has 0 N–H and O–H groups in total. The number of hydrogen-bond donors (Lipinski definition) is 0. The first-order chi connectivity index (χ1) is 11.9. The number of rotatable bonds is 6. The maximum Gasteiger partial charge on any atom is 0.255 e. The Morgan fingerprint density at radius 3 is 2.88 bits per heavy atom. The van der Waals surface area contributed by atoms with E-state index in [4.69, 9.17) is 9.26 Å². The van der Waals surface area contributed by atoms with Crippen molar-refractivity contribution in [1.82, 2.24) is 24.8 Å². The van der Waals surface area contributed by atoms with Crippen LogP contribution in [-0.2, 0) is 17.8 Å². The van der Waals surface area contributed by atoms with E-state index in [2.05, 4.69) is 20.1 Å². The Morgan fingerprint density at radius 1 is 1.21 bits per heavy atom. The van der Waals surface area contributed by atoms with Gasteiger partial charge in [-0.05, 0) is 57.2 Å². The van der Waals surface area contributed by atoms with Gasteiger partial charge >= 0.3 is 0 Å². The van der Waals surface area contributed by atoms with E-state index in [1.165, 1.54) is 19.3 Å². The lowest BCUT2D eigenvalue weighted by Crippen LogP contribution is -2.33. The fourth-order valence-electron chi connectivity index (χ4n) is 3.62. The molecule has 1 atom stereocenters. The molecule has 0 amide bonds. The highest BCUT2D eigenvalue weighted by molar-refractivity contribution is 4.92. The topological polar surface area (TPSA) is 69.2 Å². The normalized spacial score (nSPS) is 23.1. The minimum Gasteiger partial charge on any atom is -0.368 e. The van der Waals surface area contributed by atoms with Gasteiger partial charge in [0.25, 0.3) is 5.89 Å². The maximum absolute atomic E-state index is 5.60. The Balaban J connectivity index is 1.21. The molecule has 130 valence electrons. The van der Waals surface area contributed by atoms with Crippen molar-refractivity contribution in [3.8, 4) is 0 Å². The van der Waals surface area contributed by atoms with Gasteiger partial charge in [-0.3, -0.25) is 9.58 Å². The van der Waals surface area contributed by atoms with Gasteiger partial charge in [0, 0.05) is 25.5 Å². The third kappa shape index (κ3) is 3.84. The van der Waals surface area contributed by atoms with Gasteiger partial charge in [0.15, 0.2) is 5.82 Å². The molecule has 0 saturated carbocycles. The predicted octanol–water partition coefficient (Wildman–Crippen LogP) is 2.42. The summed E-state index contributed by atoms with van der Waals surface area (Å²) in [5.74, 6) is 2.23. The highest BCUT2D eigenvalue weighted by atomic mass is 16.5. The second-order valence-electron chi connectivity index (χ2n) is 6.83. The molecule has 2 aliphatic rings. The van der Waals surface area contributed by atoms with Crippen LogP contribution < -0.4 is 0 Å². The number of ether oxygens (including phenoxy) is 1. The van der Waals surface area contributed by atoms with E-state index >= 15 is 0 Å². The van der Waals surface area contributed by atoms with Crippen molar-refractivity contribution in [2.45, 2.75) is 51.3 Å². The van der Waals surface area contributed by atoms with E-state index in [1.807, 2.05) is 23.1 Å².